The van der Waals surface area contributed by atoms with Crippen molar-refractivity contribution in [3.63, 3.8) is 0 Å². The van der Waals surface area contributed by atoms with Gasteiger partial charge in [0.25, 0.3) is 0 Å². The zero-order valence-electron chi connectivity index (χ0n) is 14.7. The molecule has 0 fully saturated rings. The Bertz CT molecular complexity index is 1180. The van der Waals surface area contributed by atoms with Gasteiger partial charge in [0.2, 0.25) is 0 Å². The van der Waals surface area contributed by atoms with E-state index in [0.29, 0.717) is 22.3 Å². The molecule has 0 spiro atoms. The third-order valence-electron chi connectivity index (χ3n) is 4.28. The van der Waals surface area contributed by atoms with Gasteiger partial charge in [-0.3, -0.25) is 0 Å². The van der Waals surface area contributed by atoms with Gasteiger partial charge >= 0.3 is 5.97 Å². The summed E-state index contributed by atoms with van der Waals surface area (Å²) in [4.78, 5) is 11.8. The number of sulfone groups is 1. The van der Waals surface area contributed by atoms with Crippen LogP contribution in [-0.4, -0.2) is 30.3 Å². The molecular weight excluding hydrogens is 364 g/mol. The summed E-state index contributed by atoms with van der Waals surface area (Å²) in [6, 6.07) is 15.5. The van der Waals surface area contributed by atoms with E-state index in [1.165, 1.54) is 10.8 Å². The minimum Gasteiger partial charge on any atom is -0.477 e. The molecule has 1 N–H and O–H groups in total. The van der Waals surface area contributed by atoms with Gasteiger partial charge in [-0.2, -0.15) is 5.26 Å². The van der Waals surface area contributed by atoms with Crippen molar-refractivity contribution in [2.75, 3.05) is 6.26 Å². The van der Waals surface area contributed by atoms with Crippen LogP contribution in [0.3, 0.4) is 0 Å². The van der Waals surface area contributed by atoms with Crippen molar-refractivity contribution < 1.29 is 18.3 Å². The quantitative estimate of drug-likeness (QED) is 0.748. The monoisotopic (exact) mass is 380 g/mol. The highest BCUT2D eigenvalue weighted by atomic mass is 32.2. The Morgan fingerprint density at radius 3 is 2.22 bits per heavy atom. The molecule has 6 nitrogen and oxygen atoms in total. The standard InChI is InChI=1S/C20H16N2O4S/c1-22-12-15(11-21)18(19(22)20(23)24)14-9-7-13(8-10-14)16-5-3-4-6-17(16)27(2,25)26/h3-10,12H,1-2H3,(H,23,24). The summed E-state index contributed by atoms with van der Waals surface area (Å²) in [5, 5.41) is 18.8. The van der Waals surface area contributed by atoms with Crippen molar-refractivity contribution in [3.05, 3.63) is 66.0 Å². The highest BCUT2D eigenvalue weighted by Gasteiger charge is 2.21. The number of hydrogen-bond donors (Lipinski definition) is 1. The number of benzene rings is 2. The summed E-state index contributed by atoms with van der Waals surface area (Å²) < 4.78 is 25.4. The molecule has 3 rings (SSSR count). The van der Waals surface area contributed by atoms with Crippen molar-refractivity contribution in [1.29, 1.82) is 5.26 Å². The van der Waals surface area contributed by atoms with E-state index in [2.05, 4.69) is 0 Å². The highest BCUT2D eigenvalue weighted by molar-refractivity contribution is 7.90. The van der Waals surface area contributed by atoms with Crippen LogP contribution in [0.4, 0.5) is 0 Å². The first kappa shape index (κ1) is 18.4. The Morgan fingerprint density at radius 2 is 1.67 bits per heavy atom. The molecule has 0 aliphatic heterocycles. The van der Waals surface area contributed by atoms with Crippen LogP contribution in [0.5, 0.6) is 0 Å². The van der Waals surface area contributed by atoms with Gasteiger partial charge < -0.3 is 9.67 Å². The Labute approximate surface area is 156 Å². The van der Waals surface area contributed by atoms with E-state index in [-0.39, 0.29) is 16.2 Å². The molecule has 0 bridgehead atoms. The fourth-order valence-electron chi connectivity index (χ4n) is 3.11. The van der Waals surface area contributed by atoms with Gasteiger partial charge in [0, 0.05) is 30.6 Å². The number of aryl methyl sites for hydroxylation is 1. The van der Waals surface area contributed by atoms with Crippen LogP contribution in [0.1, 0.15) is 16.1 Å². The van der Waals surface area contributed by atoms with Crippen LogP contribution < -0.4 is 0 Å². The predicted octanol–water partition coefficient (Wildman–Crippen LogP) is 3.33. The van der Waals surface area contributed by atoms with E-state index in [1.54, 1.807) is 55.6 Å². The molecule has 136 valence electrons. The van der Waals surface area contributed by atoms with Gasteiger partial charge in [-0.1, -0.05) is 42.5 Å². The number of carboxylic acids is 1. The van der Waals surface area contributed by atoms with E-state index < -0.39 is 15.8 Å². The fraction of sp³-hybridized carbons (Fsp3) is 0.100. The first-order valence-electron chi connectivity index (χ1n) is 7.96. The van der Waals surface area contributed by atoms with Crippen molar-refractivity contribution in [1.82, 2.24) is 4.57 Å². The smallest absolute Gasteiger partial charge is 0.353 e. The molecule has 0 saturated heterocycles. The molecular formula is C20H16N2O4S. The molecule has 2 aromatic carbocycles. The lowest BCUT2D eigenvalue weighted by Gasteiger charge is -2.09. The first-order valence-corrected chi connectivity index (χ1v) is 9.85. The van der Waals surface area contributed by atoms with E-state index in [1.807, 2.05) is 6.07 Å². The molecule has 0 aliphatic rings. The second kappa shape index (κ2) is 6.74. The third kappa shape index (κ3) is 3.35. The average molecular weight is 380 g/mol. The molecule has 0 unspecified atom stereocenters. The van der Waals surface area contributed by atoms with Crippen molar-refractivity contribution in [2.24, 2.45) is 7.05 Å². The fourth-order valence-corrected chi connectivity index (χ4v) is 4.02. The topological polar surface area (TPSA) is 100 Å². The minimum absolute atomic E-state index is 0.0239. The summed E-state index contributed by atoms with van der Waals surface area (Å²) in [5.74, 6) is -1.12. The van der Waals surface area contributed by atoms with Crippen molar-refractivity contribution in [3.8, 4) is 28.3 Å². The lowest BCUT2D eigenvalue weighted by atomic mass is 9.98. The summed E-state index contributed by atoms with van der Waals surface area (Å²) in [7, 11) is -1.82. The van der Waals surface area contributed by atoms with Crippen LogP contribution in [0.25, 0.3) is 22.3 Å². The average Bonchev–Trinajstić information content (AvgIpc) is 2.98. The maximum absolute atomic E-state index is 12.0. The lowest BCUT2D eigenvalue weighted by molar-refractivity contribution is 0.0687. The molecule has 1 aromatic heterocycles. The number of aromatic carboxylic acids is 1. The molecule has 0 amide bonds. The van der Waals surface area contributed by atoms with E-state index in [4.69, 9.17) is 0 Å². The van der Waals surface area contributed by atoms with Crippen LogP contribution in [0.15, 0.2) is 59.6 Å². The van der Waals surface area contributed by atoms with Crippen LogP contribution in [0, 0.1) is 11.3 Å². The Hall–Kier alpha value is -3.37. The zero-order chi connectivity index (χ0) is 19.8. The van der Waals surface area contributed by atoms with E-state index in [9.17, 15) is 23.6 Å². The molecule has 0 aliphatic carbocycles. The number of nitriles is 1. The Kier molecular flexibility index (Phi) is 4.60. The number of rotatable bonds is 4. The summed E-state index contributed by atoms with van der Waals surface area (Å²) >= 11 is 0. The SMILES string of the molecule is Cn1cc(C#N)c(-c2ccc(-c3ccccc3S(C)(=O)=O)cc2)c1C(=O)O. The Balaban J connectivity index is 2.15. The highest BCUT2D eigenvalue weighted by Crippen LogP contribution is 2.32. The summed E-state index contributed by atoms with van der Waals surface area (Å²) in [6.07, 6.45) is 2.63. The normalized spacial score (nSPS) is 11.1. The molecule has 7 heteroatoms. The summed E-state index contributed by atoms with van der Waals surface area (Å²) in [6.45, 7) is 0. The van der Waals surface area contributed by atoms with Crippen LogP contribution in [-0.2, 0) is 16.9 Å². The number of aromatic nitrogens is 1. The van der Waals surface area contributed by atoms with Gasteiger partial charge in [0.1, 0.15) is 11.8 Å². The minimum atomic E-state index is -3.39. The molecule has 3 aromatic rings. The van der Waals surface area contributed by atoms with Crippen LogP contribution >= 0.6 is 0 Å². The molecule has 0 atom stereocenters. The van der Waals surface area contributed by atoms with Crippen LogP contribution in [0.2, 0.25) is 0 Å². The van der Waals surface area contributed by atoms with Gasteiger partial charge in [-0.05, 0) is 17.2 Å². The maximum atomic E-state index is 12.0. The number of carbonyl (C=O) groups is 1. The van der Waals surface area contributed by atoms with Crippen molar-refractivity contribution >= 4 is 15.8 Å². The molecule has 0 radical (unpaired) electrons. The first-order chi connectivity index (χ1) is 12.7. The molecule has 27 heavy (non-hydrogen) atoms. The van der Waals surface area contributed by atoms with Crippen molar-refractivity contribution in [2.45, 2.75) is 4.90 Å². The summed E-state index contributed by atoms with van der Waals surface area (Å²) in [5.41, 5.74) is 2.46. The Morgan fingerprint density at radius 1 is 1.07 bits per heavy atom. The predicted molar refractivity (Wildman–Crippen MR) is 101 cm³/mol. The van der Waals surface area contributed by atoms with E-state index >= 15 is 0 Å². The number of nitrogens with zero attached hydrogens (tertiary/aromatic N) is 2. The zero-order valence-corrected chi connectivity index (χ0v) is 15.5. The van der Waals surface area contributed by atoms with Gasteiger partial charge in [0.15, 0.2) is 9.84 Å². The van der Waals surface area contributed by atoms with Gasteiger partial charge in [-0.15, -0.1) is 0 Å². The maximum Gasteiger partial charge on any atom is 0.353 e. The lowest BCUT2D eigenvalue weighted by Crippen LogP contribution is -2.05. The van der Waals surface area contributed by atoms with E-state index in [0.717, 1.165) is 6.26 Å². The second-order valence-electron chi connectivity index (χ2n) is 6.14. The number of hydrogen-bond acceptors (Lipinski definition) is 4. The number of carboxylic acid groups (broad SMARTS) is 1. The largest absolute Gasteiger partial charge is 0.477 e. The second-order valence-corrected chi connectivity index (χ2v) is 8.12. The molecule has 1 heterocycles. The third-order valence-corrected chi connectivity index (χ3v) is 5.43. The molecule has 0 saturated carbocycles. The van der Waals surface area contributed by atoms with Gasteiger partial charge in [0.05, 0.1) is 10.5 Å². The van der Waals surface area contributed by atoms with Gasteiger partial charge in [-0.25, -0.2) is 13.2 Å².